The third kappa shape index (κ3) is 6.04. The fraction of sp³-hybridized carbons (Fsp3) is 0.414. The molecule has 0 aliphatic carbocycles. The highest BCUT2D eigenvalue weighted by Crippen LogP contribution is 2.29. The Kier molecular flexibility index (Phi) is 7.56. The Hall–Kier alpha value is -3.72. The lowest BCUT2D eigenvalue weighted by atomic mass is 10.1. The van der Waals surface area contributed by atoms with E-state index in [1.807, 2.05) is 6.07 Å². The maximum atomic E-state index is 11.7. The van der Waals surface area contributed by atoms with Crippen molar-refractivity contribution in [2.75, 3.05) is 61.1 Å². The van der Waals surface area contributed by atoms with E-state index in [0.717, 1.165) is 45.1 Å². The summed E-state index contributed by atoms with van der Waals surface area (Å²) in [5, 5.41) is 13.1. The van der Waals surface area contributed by atoms with E-state index in [2.05, 4.69) is 55.4 Å². The van der Waals surface area contributed by atoms with Gasteiger partial charge in [0, 0.05) is 49.3 Å². The van der Waals surface area contributed by atoms with Crippen LogP contribution < -0.4 is 15.0 Å². The first-order valence-electron chi connectivity index (χ1n) is 13.6. The van der Waals surface area contributed by atoms with Crippen LogP contribution in [0.15, 0.2) is 54.7 Å². The molecule has 1 aromatic heterocycles. The van der Waals surface area contributed by atoms with Gasteiger partial charge in [-0.3, -0.25) is 4.90 Å². The molecule has 0 bridgehead atoms. The molecule has 11 heteroatoms. The molecule has 3 fully saturated rings. The van der Waals surface area contributed by atoms with E-state index in [-0.39, 0.29) is 17.6 Å². The van der Waals surface area contributed by atoms with E-state index in [4.69, 9.17) is 9.47 Å². The van der Waals surface area contributed by atoms with Crippen LogP contribution in [0, 0.1) is 11.3 Å². The summed E-state index contributed by atoms with van der Waals surface area (Å²) < 4.78 is 34.7. The Morgan fingerprint density at radius 1 is 1.00 bits per heavy atom. The highest BCUT2D eigenvalue weighted by atomic mass is 32.2. The van der Waals surface area contributed by atoms with Gasteiger partial charge in [-0.1, -0.05) is 0 Å². The van der Waals surface area contributed by atoms with Crippen LogP contribution in [-0.4, -0.2) is 86.3 Å². The molecule has 10 nitrogen and oxygen atoms in total. The summed E-state index contributed by atoms with van der Waals surface area (Å²) >= 11 is 0. The first-order valence-corrected chi connectivity index (χ1v) is 15.5. The van der Waals surface area contributed by atoms with Crippen molar-refractivity contribution in [1.82, 2.24) is 14.9 Å². The number of rotatable bonds is 7. The van der Waals surface area contributed by atoms with Gasteiger partial charge < -0.3 is 19.7 Å². The molecule has 6 rings (SSSR count). The fourth-order valence-electron chi connectivity index (χ4n) is 5.28. The van der Waals surface area contributed by atoms with Crippen molar-refractivity contribution in [3.05, 3.63) is 60.3 Å². The molecule has 4 heterocycles. The van der Waals surface area contributed by atoms with Crippen LogP contribution in [0.2, 0.25) is 0 Å². The molecular weight excluding hydrogens is 528 g/mol. The van der Waals surface area contributed by atoms with E-state index in [0.29, 0.717) is 47.4 Å². The lowest BCUT2D eigenvalue weighted by Crippen LogP contribution is -2.56. The summed E-state index contributed by atoms with van der Waals surface area (Å²) in [5.74, 6) is 1.81. The Morgan fingerprint density at radius 2 is 1.75 bits per heavy atom. The van der Waals surface area contributed by atoms with Gasteiger partial charge in [-0.15, -0.1) is 0 Å². The SMILES string of the molecule is N#Cc1cc(-c2nccc(Nc3ccc(N4CCN(C5COC5)CC4)cc3)n2)ccc1OC1CCS(=O)(=O)CC1. The van der Waals surface area contributed by atoms with Gasteiger partial charge in [0.05, 0.1) is 36.3 Å². The number of anilines is 3. The first kappa shape index (κ1) is 26.5. The summed E-state index contributed by atoms with van der Waals surface area (Å²) in [5.41, 5.74) is 3.20. The molecule has 0 atom stereocenters. The summed E-state index contributed by atoms with van der Waals surface area (Å²) in [6, 6.07) is 18.2. The molecule has 3 saturated heterocycles. The molecule has 0 amide bonds. The van der Waals surface area contributed by atoms with Crippen molar-refractivity contribution in [3.63, 3.8) is 0 Å². The number of benzene rings is 2. The maximum Gasteiger partial charge on any atom is 0.161 e. The van der Waals surface area contributed by atoms with Gasteiger partial charge in [-0.05, 0) is 61.4 Å². The van der Waals surface area contributed by atoms with Crippen LogP contribution in [-0.2, 0) is 14.6 Å². The standard InChI is InChI=1S/C29H32N6O4S/c30-18-22-17-21(1-6-27(22)39-26-8-15-40(36,37)16-9-26)29-31-10-7-28(33-29)32-23-2-4-24(5-3-23)34-11-13-35(14-12-34)25-19-38-20-25/h1-7,10,17,25-26H,8-9,11-16,19-20H2,(H,31,32,33). The van der Waals surface area contributed by atoms with E-state index >= 15 is 0 Å². The number of sulfone groups is 1. The third-order valence-corrected chi connectivity index (χ3v) is 9.48. The van der Waals surface area contributed by atoms with Crippen LogP contribution in [0.4, 0.5) is 17.2 Å². The summed E-state index contributed by atoms with van der Waals surface area (Å²) in [4.78, 5) is 14.0. The number of aromatic nitrogens is 2. The highest BCUT2D eigenvalue weighted by molar-refractivity contribution is 7.91. The molecule has 208 valence electrons. The van der Waals surface area contributed by atoms with Crippen molar-refractivity contribution in [2.24, 2.45) is 0 Å². The summed E-state index contributed by atoms with van der Waals surface area (Å²) in [6.07, 6.45) is 2.33. The molecule has 3 aliphatic rings. The number of hydrogen-bond donors (Lipinski definition) is 1. The second kappa shape index (κ2) is 11.4. The number of nitrogens with zero attached hydrogens (tertiary/aromatic N) is 5. The molecule has 0 unspecified atom stereocenters. The Morgan fingerprint density at radius 3 is 2.42 bits per heavy atom. The Bertz CT molecular complexity index is 1480. The average molecular weight is 561 g/mol. The zero-order valence-electron chi connectivity index (χ0n) is 22.2. The quantitative estimate of drug-likeness (QED) is 0.461. The molecular formula is C29H32N6O4S. The largest absolute Gasteiger partial charge is 0.489 e. The summed E-state index contributed by atoms with van der Waals surface area (Å²) in [6.45, 7) is 5.86. The molecule has 40 heavy (non-hydrogen) atoms. The van der Waals surface area contributed by atoms with Gasteiger partial charge in [-0.2, -0.15) is 5.26 Å². The van der Waals surface area contributed by atoms with Crippen LogP contribution in [0.3, 0.4) is 0 Å². The van der Waals surface area contributed by atoms with E-state index < -0.39 is 9.84 Å². The minimum Gasteiger partial charge on any atom is -0.489 e. The highest BCUT2D eigenvalue weighted by Gasteiger charge is 2.29. The molecule has 3 aromatic rings. The second-order valence-electron chi connectivity index (χ2n) is 10.4. The monoisotopic (exact) mass is 560 g/mol. The topological polar surface area (TPSA) is 121 Å². The smallest absolute Gasteiger partial charge is 0.161 e. The van der Waals surface area contributed by atoms with Gasteiger partial charge in [0.25, 0.3) is 0 Å². The molecule has 0 radical (unpaired) electrons. The van der Waals surface area contributed by atoms with E-state index in [1.165, 1.54) is 5.69 Å². The van der Waals surface area contributed by atoms with Gasteiger partial charge in [0.15, 0.2) is 15.7 Å². The minimum atomic E-state index is -2.98. The van der Waals surface area contributed by atoms with Gasteiger partial charge in [0.1, 0.15) is 23.7 Å². The minimum absolute atomic E-state index is 0.113. The van der Waals surface area contributed by atoms with E-state index in [1.54, 1.807) is 24.4 Å². The Labute approximate surface area is 234 Å². The van der Waals surface area contributed by atoms with Crippen LogP contribution in [0.25, 0.3) is 11.4 Å². The molecule has 2 aromatic carbocycles. The third-order valence-electron chi connectivity index (χ3n) is 7.77. The normalized spacial score (nSPS) is 19.9. The predicted molar refractivity (Wildman–Crippen MR) is 153 cm³/mol. The number of ether oxygens (including phenoxy) is 2. The lowest BCUT2D eigenvalue weighted by Gasteiger charge is -2.43. The average Bonchev–Trinajstić information content (AvgIpc) is 2.94. The second-order valence-corrected chi connectivity index (χ2v) is 12.7. The number of nitrogens with one attached hydrogen (secondary N) is 1. The zero-order valence-corrected chi connectivity index (χ0v) is 23.0. The van der Waals surface area contributed by atoms with Gasteiger partial charge in [-0.25, -0.2) is 18.4 Å². The number of hydrogen-bond acceptors (Lipinski definition) is 10. The van der Waals surface area contributed by atoms with Crippen LogP contribution in [0.1, 0.15) is 18.4 Å². The van der Waals surface area contributed by atoms with Crippen molar-refractivity contribution in [2.45, 2.75) is 25.0 Å². The maximum absolute atomic E-state index is 11.7. The van der Waals surface area contributed by atoms with Gasteiger partial charge >= 0.3 is 0 Å². The number of nitriles is 1. The van der Waals surface area contributed by atoms with Crippen LogP contribution >= 0.6 is 0 Å². The van der Waals surface area contributed by atoms with Gasteiger partial charge in [0.2, 0.25) is 0 Å². The van der Waals surface area contributed by atoms with Crippen molar-refractivity contribution in [3.8, 4) is 23.2 Å². The molecule has 0 spiro atoms. The summed E-state index contributed by atoms with van der Waals surface area (Å²) in [7, 11) is -2.98. The molecule has 1 N–H and O–H groups in total. The van der Waals surface area contributed by atoms with Crippen molar-refractivity contribution >= 4 is 27.0 Å². The Balaban J connectivity index is 1.09. The van der Waals surface area contributed by atoms with Crippen molar-refractivity contribution in [1.29, 1.82) is 5.26 Å². The lowest BCUT2D eigenvalue weighted by molar-refractivity contribution is -0.0660. The van der Waals surface area contributed by atoms with E-state index in [9.17, 15) is 13.7 Å². The number of piperazine rings is 1. The zero-order chi connectivity index (χ0) is 27.5. The fourth-order valence-corrected chi connectivity index (χ4v) is 6.72. The molecule has 3 aliphatic heterocycles. The van der Waals surface area contributed by atoms with Crippen LogP contribution in [0.5, 0.6) is 5.75 Å². The first-order chi connectivity index (χ1) is 19.5. The molecule has 0 saturated carbocycles. The van der Waals surface area contributed by atoms with Crippen molar-refractivity contribution < 1.29 is 17.9 Å². The predicted octanol–water partition coefficient (Wildman–Crippen LogP) is 3.24.